The van der Waals surface area contributed by atoms with E-state index in [2.05, 4.69) is 120 Å². The van der Waals surface area contributed by atoms with Crippen molar-refractivity contribution in [3.63, 3.8) is 0 Å². The lowest BCUT2D eigenvalue weighted by Crippen LogP contribution is -3.00. The Balaban J connectivity index is 0.000000165. The van der Waals surface area contributed by atoms with Gasteiger partial charge in [0.25, 0.3) is 15.9 Å². The molecule has 1 amide bonds. The number of carbonyl (C=O) groups is 3. The molecule has 0 bridgehead atoms. The summed E-state index contributed by atoms with van der Waals surface area (Å²) in [5.41, 5.74) is 13.9. The topological polar surface area (TPSA) is 219 Å². The van der Waals surface area contributed by atoms with Crippen LogP contribution in [0.1, 0.15) is 127 Å². The maximum absolute atomic E-state index is 13.1. The summed E-state index contributed by atoms with van der Waals surface area (Å²) in [6.07, 6.45) is 14.6. The number of hydrogen-bond acceptors (Lipinski definition) is 10. The van der Waals surface area contributed by atoms with E-state index in [1.54, 1.807) is 138 Å². The highest BCUT2D eigenvalue weighted by Crippen LogP contribution is 2.32. The van der Waals surface area contributed by atoms with Crippen molar-refractivity contribution in [2.75, 3.05) is 36.5 Å². The fourth-order valence-electron chi connectivity index (χ4n) is 13.7. The normalized spacial score (nSPS) is 11.1. The van der Waals surface area contributed by atoms with Gasteiger partial charge in [-0.15, -0.1) is 16.2 Å². The Bertz CT molecular complexity index is 6170. The Morgan fingerprint density at radius 2 is 0.992 bits per heavy atom. The maximum atomic E-state index is 13.1. The number of aryl methyl sites for hydroxylation is 1. The van der Waals surface area contributed by atoms with Gasteiger partial charge in [-0.3, -0.25) is 23.8 Å². The van der Waals surface area contributed by atoms with Crippen molar-refractivity contribution in [1.82, 2.24) is 9.97 Å². The van der Waals surface area contributed by atoms with Gasteiger partial charge in [0.15, 0.2) is 11.6 Å². The van der Waals surface area contributed by atoms with Crippen LogP contribution in [-0.2, 0) is 33.3 Å². The first-order valence-corrected chi connectivity index (χ1v) is 48.3. The summed E-state index contributed by atoms with van der Waals surface area (Å²) in [5, 5.41) is 14.3. The highest BCUT2D eigenvalue weighted by Gasteiger charge is 2.25. The van der Waals surface area contributed by atoms with Crippen LogP contribution in [0.4, 0.5) is 33.6 Å². The molecule has 127 heavy (non-hydrogen) atoms. The molecule has 0 atom stereocenters. The van der Waals surface area contributed by atoms with Crippen molar-refractivity contribution in [3.05, 3.63) is 381 Å². The van der Waals surface area contributed by atoms with Crippen molar-refractivity contribution in [2.24, 2.45) is 10.3 Å². The summed E-state index contributed by atoms with van der Waals surface area (Å²) in [6.45, 7) is 9.81. The van der Waals surface area contributed by atoms with Crippen LogP contribution in [0.5, 0.6) is 0 Å². The van der Waals surface area contributed by atoms with Gasteiger partial charge in [-0.05, 0) is 182 Å². The molecule has 0 radical (unpaired) electrons. The molecule has 16 nitrogen and oxygen atoms in total. The summed E-state index contributed by atoms with van der Waals surface area (Å²) in [7, 11) is -7.45. The Kier molecular flexibility index (Phi) is 39.0. The maximum Gasteiger partial charge on any atom is 0.343 e. The lowest BCUT2D eigenvalue weighted by Gasteiger charge is -2.24. The highest BCUT2D eigenvalue weighted by atomic mass is 79.9. The molecule has 0 aliphatic rings. The number of nitrogens with zero attached hydrogens (tertiary/aromatic N) is 3. The number of amides is 1. The number of aromatic nitrogens is 3. The number of unbranched alkanes of at least 4 members (excludes halogenated alkanes) is 5. The van der Waals surface area contributed by atoms with E-state index >= 15 is 0 Å². The zero-order valence-corrected chi connectivity index (χ0v) is 78.8. The smallest absolute Gasteiger partial charge is 0.343 e. The molecule has 656 valence electrons. The van der Waals surface area contributed by atoms with E-state index < -0.39 is 20.2 Å². The predicted molar refractivity (Wildman–Crippen MR) is 529 cm³/mol. The van der Waals surface area contributed by atoms with Crippen LogP contribution in [0, 0.1) is 12.8 Å². The number of H-pyrrole nitrogens is 2. The third-order valence-corrected chi connectivity index (χ3v) is 25.4. The number of aromatic amines is 2. The molecule has 0 aliphatic heterocycles. The fourth-order valence-corrected chi connectivity index (χ4v) is 18.2. The molecule has 0 unspecified atom stereocenters. The van der Waals surface area contributed by atoms with E-state index in [9.17, 15) is 31.2 Å². The van der Waals surface area contributed by atoms with Gasteiger partial charge in [-0.1, -0.05) is 305 Å². The van der Waals surface area contributed by atoms with Gasteiger partial charge in [-0.25, -0.2) is 18.3 Å². The van der Waals surface area contributed by atoms with Crippen LogP contribution in [0.2, 0.25) is 20.1 Å². The number of para-hydroxylation sites is 5. The number of sulfonamides is 1. The molecule has 25 heteroatoms. The van der Waals surface area contributed by atoms with E-state index in [0.717, 1.165) is 101 Å². The van der Waals surface area contributed by atoms with Gasteiger partial charge in [0.1, 0.15) is 17.2 Å². The second-order valence-corrected chi connectivity index (χ2v) is 36.3. The average Bonchev–Trinajstić information content (AvgIpc) is 1.56. The quantitative estimate of drug-likeness (QED) is 0.00751. The number of hydrogen-bond donors (Lipinski definition) is 6. The molecule has 3 aromatic heterocycles. The first-order valence-electron chi connectivity index (χ1n) is 41.8. The number of ketones is 2. The molecule has 0 fully saturated rings. The van der Waals surface area contributed by atoms with Crippen LogP contribution >= 0.6 is 69.5 Å². The molecular weight excluding hydrogens is 1810 g/mol. The van der Waals surface area contributed by atoms with Crippen molar-refractivity contribution in [3.8, 4) is 22.4 Å². The van der Waals surface area contributed by atoms with Crippen molar-refractivity contribution in [2.45, 2.75) is 110 Å². The number of carbonyl (C=O) groups excluding carboxylic acids is 3. The van der Waals surface area contributed by atoms with Gasteiger partial charge in [-0.2, -0.15) is 8.42 Å². The number of anilines is 6. The summed E-state index contributed by atoms with van der Waals surface area (Å²) in [6, 6.07) is 98.1. The van der Waals surface area contributed by atoms with Crippen molar-refractivity contribution < 1.29 is 52.8 Å². The molecule has 15 rings (SSSR count). The van der Waals surface area contributed by atoms with Gasteiger partial charge in [0, 0.05) is 105 Å². The molecule has 0 aliphatic carbocycles. The fraction of sp³-hybridized carbons (Fsp3) is 0.186. The largest absolute Gasteiger partial charge is 1.00 e. The van der Waals surface area contributed by atoms with Gasteiger partial charge in [0.2, 0.25) is 0 Å². The average molecular weight is 1920 g/mol. The minimum Gasteiger partial charge on any atom is -1.00 e. The Morgan fingerprint density at radius 3 is 1.55 bits per heavy atom. The van der Waals surface area contributed by atoms with Crippen molar-refractivity contribution in [1.29, 1.82) is 0 Å². The number of benzene rings is 12. The summed E-state index contributed by atoms with van der Waals surface area (Å²) < 4.78 is 62.1. The SMILES string of the molecule is CCCCC(CCCC)C(=NS(=O)(=O)Nc1ccccc1)Nc1ccccc1.CCCCCC[n+]1c(-c2ccccc2)csc1Nc1ccccc1.Cc1cccc(NS(=O)(=O)c2ccc(-c3ccccc3)cc2)c1.O=C(CSCC(=O)c1c[nH]c2ccccc12)c1c[nH]c2ccccc12.O=C(c1ccc(Cl)cc1)N(Cc1ccc(Cl)cc1Cl)c1cccc(Cl)c1.[Br-]. The lowest BCUT2D eigenvalue weighted by molar-refractivity contribution is -0.668. The number of Topliss-reactive ketones (excluding diaryl/α,β-unsaturated/α-hetero) is 2. The van der Waals surface area contributed by atoms with Crippen LogP contribution in [0.25, 0.3) is 44.2 Å². The molecule has 12 aromatic carbocycles. The second-order valence-electron chi connectivity index (χ2n) is 29.7. The minimum absolute atomic E-state index is 0. The van der Waals surface area contributed by atoms with Gasteiger partial charge >= 0.3 is 15.3 Å². The number of halogens is 5. The summed E-state index contributed by atoms with van der Waals surface area (Å²) >= 11 is 27.4. The van der Waals surface area contributed by atoms with E-state index in [1.165, 1.54) is 53.8 Å². The predicted octanol–water partition coefficient (Wildman–Crippen LogP) is 24.9. The van der Waals surface area contributed by atoms with Crippen LogP contribution in [0.15, 0.2) is 343 Å². The first-order chi connectivity index (χ1) is 61.1. The highest BCUT2D eigenvalue weighted by molar-refractivity contribution is 8.00. The van der Waals surface area contributed by atoms with Crippen LogP contribution < -0.4 is 46.5 Å². The number of nitrogens with one attached hydrogen (secondary N) is 6. The van der Waals surface area contributed by atoms with Crippen LogP contribution in [0.3, 0.4) is 0 Å². The summed E-state index contributed by atoms with van der Waals surface area (Å²) in [4.78, 5) is 46.1. The zero-order valence-electron chi connectivity index (χ0n) is 71.0. The monoisotopic (exact) mass is 1910 g/mol. The van der Waals surface area contributed by atoms with E-state index in [4.69, 9.17) is 46.4 Å². The Morgan fingerprint density at radius 1 is 0.488 bits per heavy atom. The summed E-state index contributed by atoms with van der Waals surface area (Å²) in [5.74, 6) is 1.05. The first kappa shape index (κ1) is 98.1. The molecule has 6 N–H and O–H groups in total. The van der Waals surface area contributed by atoms with Gasteiger partial charge in [0.05, 0.1) is 35.2 Å². The molecule has 15 aromatic rings. The van der Waals surface area contributed by atoms with E-state index in [1.807, 2.05) is 159 Å². The second kappa shape index (κ2) is 50.5. The standard InChI is InChI=1S/C22H31N3O2S.C21H24N2S.C20H13Cl4NO.C20H16N2O2S.C19H17NO2S.BrH/c1-3-5-13-19(14-6-4-2)22(23-20-15-9-7-10-16-20)25-28(26,27)24-21-17-11-8-12-18-21;1-2-3-4-11-16-23-20(18-12-7-5-8-13-18)17-24-21(23)22-19-14-9-6-10-15-19;21-15-7-4-13(5-8-15)20(26)25(18-3-1-2-16(22)10-18)12-14-6-9-17(23)11-19(14)24;23-19(15-9-21-17-7-3-1-5-13(15)17)11-25-12-20(24)16-10-22-18-8-4-2-6-14(16)18;1-15-6-5-9-18(14-15)20-23(21,22)19-12-10-17(11-13-19)16-7-3-2-4-8-16;/h7-12,15-19,24H,3-6,13-14H2,1-2H3,(H,23,25);5-10,12-15,17H,2-4,11,16H2,1H3;1-11H,12H2;1-10,21-22H,11-12H2;2-14,20H,1H3;1H. The third kappa shape index (κ3) is 30.3. The zero-order chi connectivity index (χ0) is 89.1. The lowest BCUT2D eigenvalue weighted by atomic mass is 9.94. The Hall–Kier alpha value is -11.1. The number of thiazole rings is 1. The molecular formula is C102H102BrCl4N9O7S4. The number of thioether (sulfide) groups is 1. The molecule has 0 saturated heterocycles. The molecule has 0 spiro atoms. The van der Waals surface area contributed by atoms with E-state index in [-0.39, 0.29) is 63.3 Å². The molecule has 3 heterocycles. The number of fused-ring (bicyclic) bond motifs is 2. The third-order valence-electron chi connectivity index (χ3n) is 20.2. The molecule has 0 saturated carbocycles. The number of rotatable bonds is 33. The number of amidine groups is 1. The minimum atomic E-state index is -3.87. The van der Waals surface area contributed by atoms with Crippen molar-refractivity contribution >= 4 is 168 Å². The van der Waals surface area contributed by atoms with E-state index in [0.29, 0.717) is 59.7 Å². The Labute approximate surface area is 784 Å². The van der Waals surface area contributed by atoms with Gasteiger partial charge < -0.3 is 37.2 Å². The van der Waals surface area contributed by atoms with Crippen LogP contribution in [-0.4, -0.2) is 61.6 Å².